The number of carbonyl (C=O) groups excluding carboxylic acids is 4. The van der Waals surface area contributed by atoms with E-state index in [9.17, 15) is 19.5 Å². The zero-order valence-electron chi connectivity index (χ0n) is 30.2. The van der Waals surface area contributed by atoms with E-state index in [1.807, 2.05) is 86.6 Å². The molecule has 9 atom stereocenters. The van der Waals surface area contributed by atoms with Crippen LogP contribution in [0.2, 0.25) is 0 Å². The summed E-state index contributed by atoms with van der Waals surface area (Å²) in [4.78, 5) is 60.0. The first-order valence-corrected chi connectivity index (χ1v) is 19.3. The highest BCUT2D eigenvalue weighted by Crippen LogP contribution is 2.61. The molecule has 11 heteroatoms. The van der Waals surface area contributed by atoms with Gasteiger partial charge in [0.15, 0.2) is 0 Å². The minimum atomic E-state index is -1.36. The topological polar surface area (TPSA) is 125 Å². The quantitative estimate of drug-likeness (QED) is 0.106. The molecular weight excluding hydrogens is 738 g/mol. The molecule has 3 aliphatic heterocycles. The fraction of sp³-hybridized carbons (Fsp3) is 0.429. The van der Waals surface area contributed by atoms with Crippen molar-refractivity contribution < 1.29 is 33.8 Å². The second-order valence-electron chi connectivity index (χ2n) is 14.3. The minimum Gasteiger partial charge on any atom is -0.463 e. The van der Waals surface area contributed by atoms with Crippen molar-refractivity contribution in [3.05, 3.63) is 104 Å². The largest absolute Gasteiger partial charge is 0.463 e. The lowest BCUT2D eigenvalue weighted by Gasteiger charge is -2.41. The van der Waals surface area contributed by atoms with Crippen molar-refractivity contribution in [3.63, 3.8) is 0 Å². The molecule has 0 aromatic heterocycles. The lowest BCUT2D eigenvalue weighted by atomic mass is 9.70. The zero-order valence-corrected chi connectivity index (χ0v) is 31.8. The highest BCUT2D eigenvalue weighted by Gasteiger charge is 2.77. The Bertz CT molecular complexity index is 1850. The van der Waals surface area contributed by atoms with Crippen LogP contribution in [0.15, 0.2) is 98.1 Å². The smallest absolute Gasteiger partial charge is 0.306 e. The Morgan fingerprint density at radius 2 is 1.81 bits per heavy atom. The maximum Gasteiger partial charge on any atom is 0.306 e. The summed E-state index contributed by atoms with van der Waals surface area (Å²) in [6.07, 6.45) is 4.16. The van der Waals surface area contributed by atoms with Gasteiger partial charge in [-0.2, -0.15) is 0 Å². The van der Waals surface area contributed by atoms with Gasteiger partial charge in [0.25, 0.3) is 5.91 Å². The molecule has 3 saturated heterocycles. The number of benzene rings is 3. The Balaban J connectivity index is 1.38. The van der Waals surface area contributed by atoms with E-state index in [1.165, 1.54) is 4.90 Å². The highest BCUT2D eigenvalue weighted by molar-refractivity contribution is 9.09. The summed E-state index contributed by atoms with van der Waals surface area (Å²) in [5.74, 6) is -3.74. The first-order valence-electron chi connectivity index (χ1n) is 18.4. The van der Waals surface area contributed by atoms with Gasteiger partial charge in [0.1, 0.15) is 18.2 Å². The number of carbonyl (C=O) groups is 4. The Labute approximate surface area is 319 Å². The lowest BCUT2D eigenvalue weighted by molar-refractivity contribution is -0.147. The molecule has 2 N–H and O–H groups in total. The van der Waals surface area contributed by atoms with E-state index >= 15 is 4.79 Å². The number of aliphatic hydroxyl groups excluding tert-OH is 1. The number of hydrogen-bond acceptors (Lipinski definition) is 7. The molecule has 1 spiro atoms. The van der Waals surface area contributed by atoms with E-state index < -0.39 is 59.5 Å². The Hall–Kier alpha value is -4.32. The van der Waals surface area contributed by atoms with E-state index in [2.05, 4.69) is 34.4 Å². The van der Waals surface area contributed by atoms with Gasteiger partial charge in [0.05, 0.1) is 36.6 Å². The summed E-state index contributed by atoms with van der Waals surface area (Å²) in [5, 5.41) is 15.9. The normalized spacial score (nSPS) is 26.1. The molecule has 0 saturated carbocycles. The van der Waals surface area contributed by atoms with Gasteiger partial charge in [-0.1, -0.05) is 109 Å². The molecule has 3 aromatic carbocycles. The Morgan fingerprint density at radius 1 is 1.09 bits per heavy atom. The predicted molar refractivity (Wildman–Crippen MR) is 207 cm³/mol. The number of esters is 1. The van der Waals surface area contributed by atoms with E-state index in [4.69, 9.17) is 9.47 Å². The number of halogens is 1. The fourth-order valence-corrected chi connectivity index (χ4v) is 9.35. The van der Waals surface area contributed by atoms with Gasteiger partial charge in [0.2, 0.25) is 11.8 Å². The van der Waals surface area contributed by atoms with Crippen molar-refractivity contribution in [2.45, 2.75) is 74.2 Å². The Morgan fingerprint density at radius 3 is 2.49 bits per heavy atom. The first-order chi connectivity index (χ1) is 25.6. The SMILES string of the molecule is C=CCCC(=O)OC[C@H](NC(=O)[C@H]1[C@@H]2O[C@@]3(CC2Br)[C@@H]1C(=O)N([C@@H](CO)[C@@H](C)CC)[C@@H]3C(=O)N(CC=C)c1ccc2ccccc2c1)c1ccccc1. The number of alkyl halides is 1. The minimum absolute atomic E-state index is 0.110. The van der Waals surface area contributed by atoms with Crippen LogP contribution in [-0.4, -0.2) is 82.1 Å². The number of nitrogens with zero attached hydrogens (tertiary/aromatic N) is 2. The van der Waals surface area contributed by atoms with Crippen LogP contribution in [0.1, 0.15) is 51.1 Å². The average Bonchev–Trinajstić information content (AvgIpc) is 3.77. The maximum absolute atomic E-state index is 15.2. The summed E-state index contributed by atoms with van der Waals surface area (Å²) in [5.41, 5.74) is 0.00741. The number of aliphatic hydroxyl groups is 1. The number of fused-ring (bicyclic) bond motifs is 2. The molecule has 6 rings (SSSR count). The first kappa shape index (κ1) is 38.4. The van der Waals surface area contributed by atoms with Crippen LogP contribution in [0.5, 0.6) is 0 Å². The van der Waals surface area contributed by atoms with Gasteiger partial charge in [0, 0.05) is 23.5 Å². The van der Waals surface area contributed by atoms with Gasteiger partial charge in [-0.25, -0.2) is 0 Å². The van der Waals surface area contributed by atoms with Crippen molar-refractivity contribution in [1.29, 1.82) is 0 Å². The number of likely N-dealkylation sites (tertiary alicyclic amines) is 1. The van der Waals surface area contributed by atoms with Gasteiger partial charge >= 0.3 is 5.97 Å². The molecule has 0 radical (unpaired) electrons. The Kier molecular flexibility index (Phi) is 11.9. The van der Waals surface area contributed by atoms with Crippen LogP contribution in [0.4, 0.5) is 5.69 Å². The molecule has 53 heavy (non-hydrogen) atoms. The fourth-order valence-electron chi connectivity index (χ4n) is 8.40. The van der Waals surface area contributed by atoms with Crippen molar-refractivity contribution in [3.8, 4) is 0 Å². The summed E-state index contributed by atoms with van der Waals surface area (Å²) in [6, 6.07) is 20.3. The third-order valence-electron chi connectivity index (χ3n) is 11.2. The summed E-state index contributed by atoms with van der Waals surface area (Å²) >= 11 is 3.77. The zero-order chi connectivity index (χ0) is 37.9. The van der Waals surface area contributed by atoms with Crippen molar-refractivity contribution in [2.24, 2.45) is 17.8 Å². The standard InChI is InChI=1S/C42H48BrN3O7/c1-5-8-18-34(48)52-25-32(28-15-10-9-11-16-28)44-39(49)35-36-40(50)46(33(24-47)26(4)7-3)38(42(36)23-31(43)37(35)53-42)41(51)45(21-6-2)30-20-19-27-14-12-13-17-29(27)22-30/h5-6,9-17,19-20,22,26,31-33,35-38,47H,1-2,7-8,18,21,23-25H2,3-4H3,(H,44,49)/t26-,31?,32-,33-,35+,36-,37+,38+,42-/m0/s1. The van der Waals surface area contributed by atoms with Gasteiger partial charge in [-0.05, 0) is 47.2 Å². The van der Waals surface area contributed by atoms with Crippen LogP contribution in [-0.2, 0) is 28.7 Å². The molecule has 3 amide bonds. The molecule has 1 unspecified atom stereocenters. The molecule has 3 heterocycles. The van der Waals surface area contributed by atoms with E-state index in [1.54, 1.807) is 17.1 Å². The van der Waals surface area contributed by atoms with E-state index in [0.717, 1.165) is 16.3 Å². The number of anilines is 1. The number of rotatable bonds is 16. The van der Waals surface area contributed by atoms with Crippen LogP contribution in [0.25, 0.3) is 10.8 Å². The molecule has 3 fully saturated rings. The molecule has 10 nitrogen and oxygen atoms in total. The van der Waals surface area contributed by atoms with Gasteiger partial charge in [-0.3, -0.25) is 19.2 Å². The molecule has 280 valence electrons. The number of hydrogen-bond donors (Lipinski definition) is 2. The van der Waals surface area contributed by atoms with Crippen LogP contribution < -0.4 is 10.2 Å². The van der Waals surface area contributed by atoms with Crippen LogP contribution in [0, 0.1) is 17.8 Å². The number of ether oxygens (including phenoxy) is 2. The van der Waals surface area contributed by atoms with E-state index in [-0.39, 0.29) is 42.8 Å². The maximum atomic E-state index is 15.2. The second kappa shape index (κ2) is 16.4. The number of nitrogens with one attached hydrogen (secondary N) is 1. The molecule has 0 aliphatic carbocycles. The van der Waals surface area contributed by atoms with Gasteiger partial charge in [-0.15, -0.1) is 13.2 Å². The van der Waals surface area contributed by atoms with Crippen molar-refractivity contribution in [1.82, 2.24) is 10.2 Å². The molecule has 3 aromatic rings. The molecular formula is C42H48BrN3O7. The van der Waals surface area contributed by atoms with Crippen LogP contribution in [0.3, 0.4) is 0 Å². The summed E-state index contributed by atoms with van der Waals surface area (Å²) < 4.78 is 12.4. The summed E-state index contributed by atoms with van der Waals surface area (Å²) in [6.45, 7) is 11.2. The van der Waals surface area contributed by atoms with E-state index in [0.29, 0.717) is 24.9 Å². The van der Waals surface area contributed by atoms with Gasteiger partial charge < -0.3 is 29.7 Å². The third-order valence-corrected chi connectivity index (χ3v) is 12.1. The third kappa shape index (κ3) is 7.18. The summed E-state index contributed by atoms with van der Waals surface area (Å²) in [7, 11) is 0. The van der Waals surface area contributed by atoms with Crippen LogP contribution >= 0.6 is 15.9 Å². The monoisotopic (exact) mass is 785 g/mol. The van der Waals surface area contributed by atoms with Crippen molar-refractivity contribution in [2.75, 3.05) is 24.7 Å². The lowest BCUT2D eigenvalue weighted by Crippen LogP contribution is -2.60. The average molecular weight is 787 g/mol. The molecule has 2 bridgehead atoms. The molecule has 3 aliphatic rings. The predicted octanol–water partition coefficient (Wildman–Crippen LogP) is 5.88. The number of amides is 3. The number of allylic oxidation sites excluding steroid dienone is 1. The highest BCUT2D eigenvalue weighted by atomic mass is 79.9. The van der Waals surface area contributed by atoms with Crippen molar-refractivity contribution >= 4 is 56.1 Å². The second-order valence-corrected chi connectivity index (χ2v) is 15.5.